The number of aromatic nitrogens is 4. The molecule has 17 heavy (non-hydrogen) atoms. The molecule has 0 amide bonds. The van der Waals surface area contributed by atoms with E-state index in [1.165, 1.54) is 11.4 Å². The van der Waals surface area contributed by atoms with E-state index in [1.54, 1.807) is 0 Å². The number of aryl methyl sites for hydroxylation is 1. The van der Waals surface area contributed by atoms with Crippen LogP contribution in [0, 0.1) is 11.8 Å². The molecule has 0 radical (unpaired) electrons. The molecule has 1 N–H and O–H groups in total. The number of nitrogens with one attached hydrogen (secondary N) is 1. The lowest BCUT2D eigenvalue weighted by molar-refractivity contribution is 0.355. The van der Waals surface area contributed by atoms with Crippen molar-refractivity contribution in [3.8, 4) is 11.5 Å². The Hall–Kier alpha value is -1.58. The van der Waals surface area contributed by atoms with Crippen molar-refractivity contribution in [1.29, 1.82) is 0 Å². The van der Waals surface area contributed by atoms with Gasteiger partial charge in [-0.05, 0) is 24.7 Å². The molecular formula is C13H18N4. The lowest BCUT2D eigenvalue weighted by atomic mass is 9.82. The SMILES string of the molecule is CC1Cc2nc(-c3cn(C)cn3)[nH]c2CC1C. The average Bonchev–Trinajstić information content (AvgIpc) is 2.85. The number of nitrogens with zero attached hydrogens (tertiary/aromatic N) is 3. The zero-order chi connectivity index (χ0) is 12.0. The van der Waals surface area contributed by atoms with Gasteiger partial charge < -0.3 is 9.55 Å². The second-order valence-corrected chi connectivity index (χ2v) is 5.30. The highest BCUT2D eigenvalue weighted by Gasteiger charge is 2.25. The molecule has 0 saturated heterocycles. The van der Waals surface area contributed by atoms with Crippen LogP contribution in [0.5, 0.6) is 0 Å². The van der Waals surface area contributed by atoms with Gasteiger partial charge in [0.25, 0.3) is 0 Å². The van der Waals surface area contributed by atoms with Crippen LogP contribution in [0.25, 0.3) is 11.5 Å². The maximum absolute atomic E-state index is 4.69. The van der Waals surface area contributed by atoms with Crippen LogP contribution >= 0.6 is 0 Å². The summed E-state index contributed by atoms with van der Waals surface area (Å²) in [6, 6.07) is 0. The van der Waals surface area contributed by atoms with E-state index in [1.807, 2.05) is 24.1 Å². The topological polar surface area (TPSA) is 46.5 Å². The minimum absolute atomic E-state index is 0.724. The number of hydrogen-bond acceptors (Lipinski definition) is 2. The van der Waals surface area contributed by atoms with Crippen LogP contribution in [0.15, 0.2) is 12.5 Å². The van der Waals surface area contributed by atoms with Crippen molar-refractivity contribution in [2.45, 2.75) is 26.7 Å². The number of aromatic amines is 1. The fourth-order valence-corrected chi connectivity index (χ4v) is 2.47. The average molecular weight is 230 g/mol. The molecule has 0 aromatic carbocycles. The largest absolute Gasteiger partial charge is 0.340 e. The molecule has 0 fully saturated rings. The van der Waals surface area contributed by atoms with Gasteiger partial charge in [0.15, 0.2) is 5.82 Å². The zero-order valence-corrected chi connectivity index (χ0v) is 10.6. The van der Waals surface area contributed by atoms with Crippen LogP contribution in [-0.4, -0.2) is 19.5 Å². The Morgan fingerprint density at radius 3 is 2.76 bits per heavy atom. The Balaban J connectivity index is 1.97. The van der Waals surface area contributed by atoms with Gasteiger partial charge in [-0.3, -0.25) is 0 Å². The van der Waals surface area contributed by atoms with E-state index >= 15 is 0 Å². The van der Waals surface area contributed by atoms with Gasteiger partial charge >= 0.3 is 0 Å². The van der Waals surface area contributed by atoms with Gasteiger partial charge in [0.1, 0.15) is 5.69 Å². The van der Waals surface area contributed by atoms with E-state index in [0.717, 1.165) is 36.2 Å². The molecule has 3 rings (SSSR count). The summed E-state index contributed by atoms with van der Waals surface area (Å²) < 4.78 is 1.95. The maximum Gasteiger partial charge on any atom is 0.158 e. The normalized spacial score (nSPS) is 23.7. The van der Waals surface area contributed by atoms with Crippen molar-refractivity contribution in [2.75, 3.05) is 0 Å². The zero-order valence-electron chi connectivity index (χ0n) is 10.6. The molecule has 0 saturated carbocycles. The molecule has 2 heterocycles. The summed E-state index contributed by atoms with van der Waals surface area (Å²) in [7, 11) is 1.98. The Labute approximate surface area is 101 Å². The molecule has 90 valence electrons. The van der Waals surface area contributed by atoms with Gasteiger partial charge in [-0.25, -0.2) is 9.97 Å². The molecule has 2 unspecified atom stereocenters. The second-order valence-electron chi connectivity index (χ2n) is 5.30. The first kappa shape index (κ1) is 10.6. The van der Waals surface area contributed by atoms with Crippen molar-refractivity contribution in [3.05, 3.63) is 23.9 Å². The Morgan fingerprint density at radius 1 is 1.29 bits per heavy atom. The third-order valence-electron chi connectivity index (χ3n) is 3.82. The van der Waals surface area contributed by atoms with Crippen LogP contribution in [0.4, 0.5) is 0 Å². The molecule has 4 heteroatoms. The van der Waals surface area contributed by atoms with Gasteiger partial charge in [0.2, 0.25) is 0 Å². The van der Waals surface area contributed by atoms with Gasteiger partial charge in [-0.2, -0.15) is 0 Å². The lowest BCUT2D eigenvalue weighted by Gasteiger charge is -2.24. The van der Waals surface area contributed by atoms with E-state index in [-0.39, 0.29) is 0 Å². The number of imidazole rings is 2. The molecule has 0 aliphatic heterocycles. The third-order valence-corrected chi connectivity index (χ3v) is 3.82. The number of fused-ring (bicyclic) bond motifs is 1. The van der Waals surface area contributed by atoms with Crippen LogP contribution in [0.3, 0.4) is 0 Å². The summed E-state index contributed by atoms with van der Waals surface area (Å²) >= 11 is 0. The molecule has 0 spiro atoms. The minimum Gasteiger partial charge on any atom is -0.340 e. The summed E-state index contributed by atoms with van der Waals surface area (Å²) in [6.45, 7) is 4.62. The van der Waals surface area contributed by atoms with Crippen LogP contribution in [0.1, 0.15) is 25.2 Å². The van der Waals surface area contributed by atoms with Crippen molar-refractivity contribution in [3.63, 3.8) is 0 Å². The monoisotopic (exact) mass is 230 g/mol. The summed E-state index contributed by atoms with van der Waals surface area (Å²) in [4.78, 5) is 12.5. The minimum atomic E-state index is 0.724. The first-order chi connectivity index (χ1) is 8.13. The van der Waals surface area contributed by atoms with E-state index in [4.69, 9.17) is 0 Å². The first-order valence-corrected chi connectivity index (χ1v) is 6.19. The predicted molar refractivity (Wildman–Crippen MR) is 66.5 cm³/mol. The van der Waals surface area contributed by atoms with E-state index in [9.17, 15) is 0 Å². The Kier molecular flexibility index (Phi) is 2.31. The lowest BCUT2D eigenvalue weighted by Crippen LogP contribution is -2.20. The molecule has 2 aromatic heterocycles. The standard InChI is InChI=1S/C13H18N4/c1-8-4-10-11(5-9(8)2)16-13(15-10)12-6-17(3)7-14-12/h6-9H,4-5H2,1-3H3,(H,15,16). The van der Waals surface area contributed by atoms with Crippen LogP contribution < -0.4 is 0 Å². The molecule has 2 aromatic rings. The first-order valence-electron chi connectivity index (χ1n) is 6.19. The summed E-state index contributed by atoms with van der Waals surface area (Å²) in [5.74, 6) is 2.37. The Bertz CT molecular complexity index is 510. The molecule has 1 aliphatic carbocycles. The van der Waals surface area contributed by atoms with Gasteiger partial charge in [-0.1, -0.05) is 13.8 Å². The molecular weight excluding hydrogens is 212 g/mol. The van der Waals surface area contributed by atoms with E-state index < -0.39 is 0 Å². The van der Waals surface area contributed by atoms with Gasteiger partial charge in [0.05, 0.1) is 12.0 Å². The maximum atomic E-state index is 4.69. The number of H-pyrrole nitrogens is 1. The fraction of sp³-hybridized carbons (Fsp3) is 0.538. The summed E-state index contributed by atoms with van der Waals surface area (Å²) in [5, 5.41) is 0. The summed E-state index contributed by atoms with van der Waals surface area (Å²) in [6.07, 6.45) is 6.00. The van der Waals surface area contributed by atoms with Crippen molar-refractivity contribution in [1.82, 2.24) is 19.5 Å². The molecule has 2 atom stereocenters. The van der Waals surface area contributed by atoms with Gasteiger partial charge in [0, 0.05) is 18.9 Å². The van der Waals surface area contributed by atoms with E-state index in [2.05, 4.69) is 28.8 Å². The van der Waals surface area contributed by atoms with E-state index in [0.29, 0.717) is 0 Å². The summed E-state index contributed by atoms with van der Waals surface area (Å²) in [5.41, 5.74) is 3.47. The molecule has 4 nitrogen and oxygen atoms in total. The highest BCUT2D eigenvalue weighted by Crippen LogP contribution is 2.29. The van der Waals surface area contributed by atoms with Crippen molar-refractivity contribution >= 4 is 0 Å². The predicted octanol–water partition coefficient (Wildman–Crippen LogP) is 2.18. The highest BCUT2D eigenvalue weighted by atomic mass is 15.0. The third kappa shape index (κ3) is 1.77. The van der Waals surface area contributed by atoms with Crippen LogP contribution in [0.2, 0.25) is 0 Å². The van der Waals surface area contributed by atoms with Crippen LogP contribution in [-0.2, 0) is 19.9 Å². The smallest absolute Gasteiger partial charge is 0.158 e. The molecule has 0 bridgehead atoms. The molecule has 1 aliphatic rings. The Morgan fingerprint density at radius 2 is 2.06 bits per heavy atom. The highest BCUT2D eigenvalue weighted by molar-refractivity contribution is 5.49. The number of hydrogen-bond donors (Lipinski definition) is 1. The van der Waals surface area contributed by atoms with Crippen molar-refractivity contribution in [2.24, 2.45) is 18.9 Å². The van der Waals surface area contributed by atoms with Gasteiger partial charge in [-0.15, -0.1) is 0 Å². The second kappa shape index (κ2) is 3.72. The fourth-order valence-electron chi connectivity index (χ4n) is 2.47. The number of rotatable bonds is 1. The van der Waals surface area contributed by atoms with Crippen molar-refractivity contribution < 1.29 is 0 Å². The quantitative estimate of drug-likeness (QED) is 0.816.